The van der Waals surface area contributed by atoms with Crippen LogP contribution in [0.5, 0.6) is 0 Å². The van der Waals surface area contributed by atoms with Crippen molar-refractivity contribution >= 4 is 33.1 Å². The molecular weight excluding hydrogens is 344 g/mol. The van der Waals surface area contributed by atoms with Gasteiger partial charge in [0, 0.05) is 15.9 Å². The van der Waals surface area contributed by atoms with Crippen LogP contribution in [-0.2, 0) is 0 Å². The van der Waals surface area contributed by atoms with E-state index in [0.29, 0.717) is 17.3 Å². The summed E-state index contributed by atoms with van der Waals surface area (Å²) in [5.74, 6) is 1.12. The lowest BCUT2D eigenvalue weighted by Crippen LogP contribution is -2.09. The number of halogens is 1. The van der Waals surface area contributed by atoms with E-state index in [4.69, 9.17) is 5.73 Å². The summed E-state index contributed by atoms with van der Waals surface area (Å²) in [4.78, 5) is 8.48. The maximum atomic E-state index is 6.22. The Morgan fingerprint density at radius 3 is 2.68 bits per heavy atom. The molecule has 0 saturated heterocycles. The van der Waals surface area contributed by atoms with Crippen molar-refractivity contribution in [2.75, 3.05) is 11.1 Å². The summed E-state index contributed by atoms with van der Waals surface area (Å²) in [5.41, 5.74) is 9.44. The molecule has 7 heteroatoms. The molecule has 0 spiro atoms. The Kier molecular flexibility index (Phi) is 3.81. The van der Waals surface area contributed by atoms with E-state index in [1.807, 2.05) is 44.2 Å². The van der Waals surface area contributed by atoms with E-state index in [2.05, 4.69) is 36.3 Å². The van der Waals surface area contributed by atoms with E-state index >= 15 is 0 Å². The van der Waals surface area contributed by atoms with Crippen LogP contribution in [-0.4, -0.2) is 19.7 Å². The molecule has 3 rings (SSSR count). The molecule has 0 amide bonds. The number of nitrogen functional groups attached to an aromatic ring is 1. The van der Waals surface area contributed by atoms with Crippen LogP contribution in [0, 0.1) is 13.8 Å². The van der Waals surface area contributed by atoms with Gasteiger partial charge in [-0.05, 0) is 38.1 Å². The molecule has 0 bridgehead atoms. The minimum absolute atomic E-state index is 0.452. The van der Waals surface area contributed by atoms with Crippen molar-refractivity contribution in [3.05, 3.63) is 52.5 Å². The minimum atomic E-state index is 0.452. The quantitative estimate of drug-likeness (QED) is 0.749. The monoisotopic (exact) mass is 358 g/mol. The molecule has 0 unspecified atom stereocenters. The Balaban J connectivity index is 2.01. The third kappa shape index (κ3) is 2.80. The van der Waals surface area contributed by atoms with Gasteiger partial charge in [0.1, 0.15) is 12.0 Å². The number of hydrogen-bond donors (Lipinski definition) is 2. The van der Waals surface area contributed by atoms with Crippen LogP contribution < -0.4 is 11.1 Å². The third-order valence-corrected chi connectivity index (χ3v) is 3.65. The number of aryl methyl sites for hydroxylation is 2. The predicted molar refractivity (Wildman–Crippen MR) is 90.5 cm³/mol. The summed E-state index contributed by atoms with van der Waals surface area (Å²) >= 11 is 3.44. The highest BCUT2D eigenvalue weighted by Gasteiger charge is 2.13. The Morgan fingerprint density at radius 2 is 2.00 bits per heavy atom. The van der Waals surface area contributed by atoms with Gasteiger partial charge in [0.2, 0.25) is 0 Å². The molecule has 0 atom stereocenters. The normalized spacial score (nSPS) is 10.7. The van der Waals surface area contributed by atoms with Crippen LogP contribution >= 0.6 is 15.9 Å². The van der Waals surface area contributed by atoms with Crippen molar-refractivity contribution in [1.29, 1.82) is 0 Å². The van der Waals surface area contributed by atoms with Crippen molar-refractivity contribution < 1.29 is 0 Å². The first kappa shape index (κ1) is 14.5. The summed E-state index contributed by atoms with van der Waals surface area (Å²) < 4.78 is 2.70. The Bertz CT molecular complexity index is 827. The molecule has 1 aromatic carbocycles. The van der Waals surface area contributed by atoms with Gasteiger partial charge in [-0.1, -0.05) is 22.0 Å². The zero-order valence-electron chi connectivity index (χ0n) is 12.2. The largest absolute Gasteiger partial charge is 0.393 e. The Labute approximate surface area is 136 Å². The van der Waals surface area contributed by atoms with E-state index in [1.165, 1.54) is 6.33 Å². The molecular formula is C15H15BrN6. The minimum Gasteiger partial charge on any atom is -0.393 e. The molecule has 6 nitrogen and oxygen atoms in total. The second-order valence-electron chi connectivity index (χ2n) is 4.93. The highest BCUT2D eigenvalue weighted by Crippen LogP contribution is 2.26. The van der Waals surface area contributed by atoms with Crippen LogP contribution in [0.1, 0.15) is 11.4 Å². The smallest absolute Gasteiger partial charge is 0.182 e. The average molecular weight is 359 g/mol. The molecule has 2 heterocycles. The molecule has 0 aliphatic heterocycles. The molecule has 2 aromatic heterocycles. The summed E-state index contributed by atoms with van der Waals surface area (Å²) in [7, 11) is 0. The summed E-state index contributed by atoms with van der Waals surface area (Å²) in [6, 6.07) is 9.75. The number of benzene rings is 1. The molecule has 3 aromatic rings. The van der Waals surface area contributed by atoms with Crippen molar-refractivity contribution in [3.63, 3.8) is 0 Å². The first-order chi connectivity index (χ1) is 10.5. The molecule has 0 aliphatic rings. The van der Waals surface area contributed by atoms with Gasteiger partial charge in [-0.2, -0.15) is 5.10 Å². The van der Waals surface area contributed by atoms with Crippen molar-refractivity contribution in [1.82, 2.24) is 19.7 Å². The van der Waals surface area contributed by atoms with Crippen LogP contribution in [0.3, 0.4) is 0 Å². The first-order valence-corrected chi connectivity index (χ1v) is 7.50. The van der Waals surface area contributed by atoms with Gasteiger partial charge in [-0.3, -0.25) is 0 Å². The molecule has 3 N–H and O–H groups in total. The van der Waals surface area contributed by atoms with Crippen molar-refractivity contribution in [3.8, 4) is 5.82 Å². The lowest BCUT2D eigenvalue weighted by Gasteiger charge is -2.12. The van der Waals surface area contributed by atoms with E-state index < -0.39 is 0 Å². The topological polar surface area (TPSA) is 81.7 Å². The van der Waals surface area contributed by atoms with Crippen LogP contribution in [0.15, 0.2) is 41.1 Å². The third-order valence-electron chi connectivity index (χ3n) is 3.16. The summed E-state index contributed by atoms with van der Waals surface area (Å²) in [6.07, 6.45) is 1.47. The molecule has 0 saturated carbocycles. The van der Waals surface area contributed by atoms with Crippen LogP contribution in [0.4, 0.5) is 17.2 Å². The molecule has 22 heavy (non-hydrogen) atoms. The van der Waals surface area contributed by atoms with Gasteiger partial charge in [0.05, 0.1) is 5.69 Å². The van der Waals surface area contributed by atoms with Crippen molar-refractivity contribution in [2.24, 2.45) is 0 Å². The Morgan fingerprint density at radius 1 is 1.18 bits per heavy atom. The average Bonchev–Trinajstić information content (AvgIpc) is 2.80. The number of aromatic nitrogens is 4. The zero-order chi connectivity index (χ0) is 15.7. The highest BCUT2D eigenvalue weighted by molar-refractivity contribution is 9.10. The van der Waals surface area contributed by atoms with Gasteiger partial charge in [0.15, 0.2) is 11.6 Å². The van der Waals surface area contributed by atoms with Gasteiger partial charge in [-0.15, -0.1) is 0 Å². The van der Waals surface area contributed by atoms with Crippen LogP contribution in [0.2, 0.25) is 0 Å². The molecule has 0 fully saturated rings. The lowest BCUT2D eigenvalue weighted by molar-refractivity contribution is 0.804. The number of nitrogens with two attached hydrogens (primary N) is 1. The standard InChI is InChI=1S/C15H15BrN6/c1-9-6-10(2)22(21-9)15-13(17)14(18-8-19-15)20-12-5-3-4-11(16)7-12/h3-8H,17H2,1-2H3,(H,18,19,20). The van der Waals surface area contributed by atoms with Crippen molar-refractivity contribution in [2.45, 2.75) is 13.8 Å². The van der Waals surface area contributed by atoms with E-state index in [1.54, 1.807) is 4.68 Å². The maximum Gasteiger partial charge on any atom is 0.182 e. The second kappa shape index (κ2) is 5.76. The highest BCUT2D eigenvalue weighted by atomic mass is 79.9. The fourth-order valence-corrected chi connectivity index (χ4v) is 2.60. The van der Waals surface area contributed by atoms with Gasteiger partial charge >= 0.3 is 0 Å². The Hall–Kier alpha value is -2.41. The summed E-state index contributed by atoms with van der Waals surface area (Å²) in [5, 5.41) is 7.62. The van der Waals surface area contributed by atoms with E-state index in [0.717, 1.165) is 21.5 Å². The van der Waals surface area contributed by atoms with E-state index in [-0.39, 0.29) is 0 Å². The van der Waals surface area contributed by atoms with Gasteiger partial charge in [-0.25, -0.2) is 14.6 Å². The molecule has 0 aliphatic carbocycles. The second-order valence-corrected chi connectivity index (χ2v) is 5.85. The van der Waals surface area contributed by atoms with Gasteiger partial charge in [0.25, 0.3) is 0 Å². The van der Waals surface area contributed by atoms with Crippen LogP contribution in [0.25, 0.3) is 5.82 Å². The fourth-order valence-electron chi connectivity index (χ4n) is 2.20. The maximum absolute atomic E-state index is 6.22. The number of rotatable bonds is 3. The van der Waals surface area contributed by atoms with E-state index in [9.17, 15) is 0 Å². The molecule has 112 valence electrons. The molecule has 0 radical (unpaired) electrons. The number of anilines is 3. The zero-order valence-corrected chi connectivity index (χ0v) is 13.8. The summed E-state index contributed by atoms with van der Waals surface area (Å²) in [6.45, 7) is 3.89. The SMILES string of the molecule is Cc1cc(C)n(-c2ncnc(Nc3cccc(Br)c3)c2N)n1. The number of nitrogens with one attached hydrogen (secondary N) is 1. The first-order valence-electron chi connectivity index (χ1n) is 6.71. The fraction of sp³-hybridized carbons (Fsp3) is 0.133. The number of nitrogens with zero attached hydrogens (tertiary/aromatic N) is 4. The predicted octanol–water partition coefficient (Wildman–Crippen LogP) is 3.37. The number of hydrogen-bond acceptors (Lipinski definition) is 5. The lowest BCUT2D eigenvalue weighted by atomic mass is 10.3. The van der Waals surface area contributed by atoms with Gasteiger partial charge < -0.3 is 11.1 Å².